The van der Waals surface area contributed by atoms with E-state index in [-0.39, 0.29) is 0 Å². The Morgan fingerprint density at radius 1 is 1.20 bits per heavy atom. The normalized spacial score (nSPS) is 7.00. The molecular formula is C9H9N. The molecule has 0 aromatic heterocycles. The van der Waals surface area contributed by atoms with Crippen LogP contribution in [0.5, 0.6) is 0 Å². The van der Waals surface area contributed by atoms with Gasteiger partial charge in [-0.25, -0.2) is 5.26 Å². The van der Waals surface area contributed by atoms with Crippen LogP contribution in [0.15, 0.2) is 36.9 Å². The zero-order chi connectivity index (χ0) is 7.82. The Hall–Kier alpha value is -1.55. The number of nitriles is 1. The largest absolute Gasteiger partial charge is 0.202 e. The van der Waals surface area contributed by atoms with Gasteiger partial charge in [-0.2, -0.15) is 0 Å². The number of hydrogen-bond acceptors (Lipinski definition) is 1. The highest BCUT2D eigenvalue weighted by molar-refractivity contribution is 5.45. The van der Waals surface area contributed by atoms with Gasteiger partial charge in [-0.1, -0.05) is 43.0 Å². The minimum absolute atomic E-state index is 1.17. The zero-order valence-electron chi connectivity index (χ0n) is 5.70. The van der Waals surface area contributed by atoms with Crippen LogP contribution < -0.4 is 0 Å². The Morgan fingerprint density at radius 3 is 2.00 bits per heavy atom. The molecule has 1 aromatic carbocycles. The summed E-state index contributed by atoms with van der Waals surface area (Å²) >= 11 is 0. The summed E-state index contributed by atoms with van der Waals surface area (Å²) in [5, 5.41) is 6.50. The summed E-state index contributed by atoms with van der Waals surface area (Å²) in [4.78, 5) is 0. The number of hydrogen-bond donors (Lipinski definition) is 0. The van der Waals surface area contributed by atoms with E-state index < -0.39 is 0 Å². The van der Waals surface area contributed by atoms with E-state index >= 15 is 0 Å². The van der Waals surface area contributed by atoms with Crippen molar-refractivity contribution in [3.8, 4) is 6.57 Å². The Morgan fingerprint density at radius 2 is 1.70 bits per heavy atom. The van der Waals surface area contributed by atoms with E-state index in [9.17, 15) is 0 Å². The van der Waals surface area contributed by atoms with Gasteiger partial charge in [0.15, 0.2) is 0 Å². The smallest absolute Gasteiger partial charge is 0.0462 e. The minimum Gasteiger partial charge on any atom is -0.202 e. The van der Waals surface area contributed by atoms with Gasteiger partial charge in [-0.3, -0.25) is 0 Å². The molecule has 0 atom stereocenters. The maximum Gasteiger partial charge on any atom is 0.0462 e. The molecule has 0 unspecified atom stereocenters. The van der Waals surface area contributed by atoms with Crippen LogP contribution in [0.4, 0.5) is 0 Å². The first-order valence-electron chi connectivity index (χ1n) is 2.87. The maximum atomic E-state index is 6.50. The molecule has 0 saturated carbocycles. The molecule has 1 heteroatoms. The van der Waals surface area contributed by atoms with Crippen molar-refractivity contribution in [1.82, 2.24) is 0 Å². The van der Waals surface area contributed by atoms with Crippen molar-refractivity contribution >= 4 is 6.08 Å². The van der Waals surface area contributed by atoms with Gasteiger partial charge >= 0.3 is 0 Å². The maximum absolute atomic E-state index is 6.50. The summed E-state index contributed by atoms with van der Waals surface area (Å²) in [5.74, 6) is 0. The second kappa shape index (κ2) is 5.58. The standard InChI is InChI=1S/C8H8.CHN/c1-2-8-6-4-3-5-7-8;1-2/h2-7H,1H2;1H. The molecule has 1 nitrogen and oxygen atoms in total. The van der Waals surface area contributed by atoms with Crippen LogP contribution in [-0.4, -0.2) is 0 Å². The number of rotatable bonds is 1. The van der Waals surface area contributed by atoms with Crippen LogP contribution in [0.3, 0.4) is 0 Å². The van der Waals surface area contributed by atoms with Gasteiger partial charge in [-0.05, 0) is 5.56 Å². The Kier molecular flexibility index (Phi) is 4.72. The van der Waals surface area contributed by atoms with E-state index in [1.165, 1.54) is 5.56 Å². The summed E-state index contributed by atoms with van der Waals surface area (Å²) in [6, 6.07) is 10.0. The Balaban J connectivity index is 0.000000371. The van der Waals surface area contributed by atoms with Crippen molar-refractivity contribution in [3.63, 3.8) is 0 Å². The predicted octanol–water partition coefficient (Wildman–Crippen LogP) is 2.47. The Bertz CT molecular complexity index is 198. The molecule has 0 aliphatic carbocycles. The van der Waals surface area contributed by atoms with E-state index in [1.807, 2.05) is 36.4 Å². The molecule has 0 bridgehead atoms. The SMILES string of the molecule is C#N.C=Cc1ccccc1. The highest BCUT2D eigenvalue weighted by Crippen LogP contribution is 1.97. The summed E-state index contributed by atoms with van der Waals surface area (Å²) in [6.07, 6.45) is 1.83. The molecule has 0 radical (unpaired) electrons. The molecule has 0 fully saturated rings. The molecule has 0 aliphatic rings. The third-order valence-electron chi connectivity index (χ3n) is 1.04. The van der Waals surface area contributed by atoms with Crippen molar-refractivity contribution in [1.29, 1.82) is 5.26 Å². The minimum atomic E-state index is 1.17. The monoisotopic (exact) mass is 131 g/mol. The quantitative estimate of drug-likeness (QED) is 0.574. The van der Waals surface area contributed by atoms with Gasteiger partial charge < -0.3 is 0 Å². The molecule has 1 aromatic rings. The van der Waals surface area contributed by atoms with Gasteiger partial charge in [0.2, 0.25) is 0 Å². The van der Waals surface area contributed by atoms with Gasteiger partial charge in [0.05, 0.1) is 0 Å². The lowest BCUT2D eigenvalue weighted by Gasteiger charge is -1.85. The summed E-state index contributed by atoms with van der Waals surface area (Å²) < 4.78 is 0. The van der Waals surface area contributed by atoms with Crippen molar-refractivity contribution in [2.45, 2.75) is 0 Å². The zero-order valence-corrected chi connectivity index (χ0v) is 5.70. The third-order valence-corrected chi connectivity index (χ3v) is 1.04. The molecule has 0 saturated heterocycles. The van der Waals surface area contributed by atoms with Crippen LogP contribution in [-0.2, 0) is 0 Å². The average molecular weight is 131 g/mol. The van der Waals surface area contributed by atoms with E-state index in [0.29, 0.717) is 0 Å². The molecule has 0 amide bonds. The molecule has 0 heterocycles. The molecule has 50 valence electrons. The van der Waals surface area contributed by atoms with E-state index in [4.69, 9.17) is 5.26 Å². The molecule has 1 rings (SSSR count). The van der Waals surface area contributed by atoms with Crippen molar-refractivity contribution in [2.24, 2.45) is 0 Å². The predicted molar refractivity (Wildman–Crippen MR) is 43.2 cm³/mol. The molecule has 0 spiro atoms. The van der Waals surface area contributed by atoms with Gasteiger partial charge in [0.1, 0.15) is 0 Å². The first-order chi connectivity index (χ1) is 4.93. The molecule has 0 N–H and O–H groups in total. The summed E-state index contributed by atoms with van der Waals surface area (Å²) in [5.41, 5.74) is 1.17. The van der Waals surface area contributed by atoms with Crippen LogP contribution in [0.2, 0.25) is 0 Å². The van der Waals surface area contributed by atoms with Crippen LogP contribution in [0, 0.1) is 11.8 Å². The fraction of sp³-hybridized carbons (Fsp3) is 0. The molecule has 10 heavy (non-hydrogen) atoms. The summed E-state index contributed by atoms with van der Waals surface area (Å²) in [6.45, 7) is 7.13. The lowest BCUT2D eigenvalue weighted by molar-refractivity contribution is 1.58. The second-order valence-corrected chi connectivity index (χ2v) is 1.61. The Labute approximate surface area is 61.2 Å². The lowest BCUT2D eigenvalue weighted by Crippen LogP contribution is -1.63. The van der Waals surface area contributed by atoms with Crippen molar-refractivity contribution in [2.75, 3.05) is 0 Å². The first kappa shape index (κ1) is 8.45. The lowest BCUT2D eigenvalue weighted by atomic mass is 10.2. The fourth-order valence-corrected chi connectivity index (χ4v) is 0.589. The topological polar surface area (TPSA) is 23.8 Å². The van der Waals surface area contributed by atoms with Crippen LogP contribution in [0.1, 0.15) is 5.56 Å². The van der Waals surface area contributed by atoms with Crippen LogP contribution >= 0.6 is 0 Å². The van der Waals surface area contributed by atoms with Crippen LogP contribution in [0.25, 0.3) is 6.08 Å². The van der Waals surface area contributed by atoms with Gasteiger partial charge in [-0.15, -0.1) is 0 Å². The highest BCUT2D eigenvalue weighted by Gasteiger charge is 1.75. The summed E-state index contributed by atoms with van der Waals surface area (Å²) in [7, 11) is 0. The van der Waals surface area contributed by atoms with E-state index in [0.717, 1.165) is 0 Å². The van der Waals surface area contributed by atoms with Gasteiger partial charge in [0.25, 0.3) is 0 Å². The fourth-order valence-electron chi connectivity index (χ4n) is 0.589. The van der Waals surface area contributed by atoms with Crippen molar-refractivity contribution < 1.29 is 0 Å². The average Bonchev–Trinajstić information content (AvgIpc) is 2.10. The highest BCUT2D eigenvalue weighted by atomic mass is 14.2. The van der Waals surface area contributed by atoms with Crippen molar-refractivity contribution in [3.05, 3.63) is 42.5 Å². The third kappa shape index (κ3) is 2.68. The first-order valence-corrected chi connectivity index (χ1v) is 2.87. The van der Waals surface area contributed by atoms with E-state index in [2.05, 4.69) is 13.2 Å². The number of nitrogens with zero attached hydrogens (tertiary/aromatic N) is 1. The molecular weight excluding hydrogens is 122 g/mol. The van der Waals surface area contributed by atoms with E-state index in [1.54, 1.807) is 0 Å². The van der Waals surface area contributed by atoms with Gasteiger partial charge in [0, 0.05) is 6.57 Å². The second-order valence-electron chi connectivity index (χ2n) is 1.61. The molecule has 0 aliphatic heterocycles. The number of benzene rings is 1.